The van der Waals surface area contributed by atoms with E-state index in [9.17, 15) is 4.79 Å². The first kappa shape index (κ1) is 20.3. The molecule has 3 rings (SSSR count). The van der Waals surface area contributed by atoms with Crippen molar-refractivity contribution < 1.29 is 23.5 Å². The van der Waals surface area contributed by atoms with E-state index in [1.54, 1.807) is 18.3 Å². The molecule has 2 aromatic carbocycles. The second-order valence-corrected chi connectivity index (χ2v) is 5.99. The molecule has 0 atom stereocenters. The number of nitrogens with zero attached hydrogens (tertiary/aromatic N) is 1. The quantitative estimate of drug-likeness (QED) is 0.560. The number of amides is 1. The maximum Gasteiger partial charge on any atom is 0.258 e. The Balaban J connectivity index is 1.92. The van der Waals surface area contributed by atoms with Gasteiger partial charge in [0.25, 0.3) is 5.91 Å². The van der Waals surface area contributed by atoms with Gasteiger partial charge in [0.1, 0.15) is 0 Å². The van der Waals surface area contributed by atoms with Crippen molar-refractivity contribution in [3.05, 3.63) is 54.2 Å². The monoisotopic (exact) mass is 396 g/mol. The molecule has 0 fully saturated rings. The van der Waals surface area contributed by atoms with Gasteiger partial charge >= 0.3 is 0 Å². The summed E-state index contributed by atoms with van der Waals surface area (Å²) in [5, 5.41) is 6.59. The van der Waals surface area contributed by atoms with Gasteiger partial charge in [-0.15, -0.1) is 0 Å². The zero-order valence-corrected chi connectivity index (χ0v) is 16.7. The lowest BCUT2D eigenvalue weighted by molar-refractivity contribution is 0.102. The van der Waals surface area contributed by atoms with Crippen molar-refractivity contribution in [3.8, 4) is 28.4 Å². The minimum Gasteiger partial charge on any atom is -0.490 e. The third-order valence-corrected chi connectivity index (χ3v) is 4.05. The summed E-state index contributed by atoms with van der Waals surface area (Å²) in [5.41, 5.74) is 1.94. The van der Waals surface area contributed by atoms with Gasteiger partial charge in [-0.1, -0.05) is 35.5 Å². The van der Waals surface area contributed by atoms with Crippen LogP contribution in [0.25, 0.3) is 11.1 Å². The lowest BCUT2D eigenvalue weighted by atomic mass is 10.1. The third kappa shape index (κ3) is 4.68. The van der Waals surface area contributed by atoms with Crippen molar-refractivity contribution in [1.82, 2.24) is 5.16 Å². The second-order valence-electron chi connectivity index (χ2n) is 5.99. The number of hydrogen-bond donors (Lipinski definition) is 1. The van der Waals surface area contributed by atoms with E-state index in [2.05, 4.69) is 10.5 Å². The molecular formula is C22H24N2O5. The Morgan fingerprint density at radius 2 is 1.59 bits per heavy atom. The van der Waals surface area contributed by atoms with E-state index in [0.29, 0.717) is 48.2 Å². The topological polar surface area (TPSA) is 82.8 Å². The molecule has 152 valence electrons. The Morgan fingerprint density at radius 3 is 2.17 bits per heavy atom. The molecular weight excluding hydrogens is 372 g/mol. The SMILES string of the molecule is CCOc1cc(C(=O)Nc2oncc2-c2ccccc2)cc(OCC)c1OCC. The molecule has 29 heavy (non-hydrogen) atoms. The number of carbonyl (C=O) groups is 1. The maximum atomic E-state index is 12.9. The third-order valence-electron chi connectivity index (χ3n) is 4.05. The fourth-order valence-corrected chi connectivity index (χ4v) is 2.85. The van der Waals surface area contributed by atoms with Gasteiger partial charge in [0.15, 0.2) is 11.5 Å². The maximum absolute atomic E-state index is 12.9. The molecule has 0 unspecified atom stereocenters. The Morgan fingerprint density at radius 1 is 0.966 bits per heavy atom. The second kappa shape index (κ2) is 9.64. The summed E-state index contributed by atoms with van der Waals surface area (Å²) in [6.45, 7) is 6.91. The summed E-state index contributed by atoms with van der Waals surface area (Å²) in [4.78, 5) is 12.9. The van der Waals surface area contributed by atoms with E-state index in [1.807, 2.05) is 51.1 Å². The van der Waals surface area contributed by atoms with Crippen LogP contribution < -0.4 is 19.5 Å². The van der Waals surface area contributed by atoms with Crippen molar-refractivity contribution in [1.29, 1.82) is 0 Å². The van der Waals surface area contributed by atoms with Crippen LogP contribution in [-0.2, 0) is 0 Å². The molecule has 7 heteroatoms. The molecule has 1 N–H and O–H groups in total. The number of ether oxygens (including phenoxy) is 3. The van der Waals surface area contributed by atoms with Crippen LogP contribution in [0, 0.1) is 0 Å². The first-order valence-electron chi connectivity index (χ1n) is 9.55. The fourth-order valence-electron chi connectivity index (χ4n) is 2.85. The molecule has 0 saturated carbocycles. The van der Waals surface area contributed by atoms with Gasteiger partial charge in [0.05, 0.1) is 31.6 Å². The van der Waals surface area contributed by atoms with Crippen LogP contribution in [0.1, 0.15) is 31.1 Å². The predicted octanol–water partition coefficient (Wildman–Crippen LogP) is 4.79. The Bertz CT molecular complexity index is 926. The van der Waals surface area contributed by atoms with Crippen LogP contribution in [0.15, 0.2) is 53.2 Å². The van der Waals surface area contributed by atoms with Crippen LogP contribution in [-0.4, -0.2) is 30.9 Å². The smallest absolute Gasteiger partial charge is 0.258 e. The van der Waals surface area contributed by atoms with E-state index in [-0.39, 0.29) is 11.8 Å². The molecule has 1 heterocycles. The molecule has 0 bridgehead atoms. The lowest BCUT2D eigenvalue weighted by Crippen LogP contribution is -2.13. The number of anilines is 1. The van der Waals surface area contributed by atoms with E-state index in [4.69, 9.17) is 18.7 Å². The fraction of sp³-hybridized carbons (Fsp3) is 0.273. The number of benzene rings is 2. The molecule has 0 radical (unpaired) electrons. The highest BCUT2D eigenvalue weighted by molar-refractivity contribution is 6.06. The molecule has 0 aliphatic rings. The number of hydrogen-bond acceptors (Lipinski definition) is 6. The van der Waals surface area contributed by atoms with Gasteiger partial charge in [-0.2, -0.15) is 0 Å². The Kier molecular flexibility index (Phi) is 6.73. The van der Waals surface area contributed by atoms with Crippen molar-refractivity contribution in [2.45, 2.75) is 20.8 Å². The van der Waals surface area contributed by atoms with Gasteiger partial charge in [-0.05, 0) is 38.5 Å². The standard InChI is InChI=1S/C22H24N2O5/c1-4-26-18-12-16(13-19(27-5-2)20(18)28-6-3)21(25)24-22-17(14-23-29-22)15-10-8-7-9-11-15/h7-14H,4-6H2,1-3H3,(H,24,25). The van der Waals surface area contributed by atoms with Gasteiger partial charge in [-0.3, -0.25) is 10.1 Å². The van der Waals surface area contributed by atoms with Crippen LogP contribution in [0.3, 0.4) is 0 Å². The molecule has 7 nitrogen and oxygen atoms in total. The van der Waals surface area contributed by atoms with Crippen molar-refractivity contribution in [2.75, 3.05) is 25.1 Å². The Labute approximate surface area is 169 Å². The number of carbonyl (C=O) groups excluding carboxylic acids is 1. The summed E-state index contributed by atoms with van der Waals surface area (Å²) in [6, 6.07) is 12.8. The van der Waals surface area contributed by atoms with Crippen LogP contribution in [0.2, 0.25) is 0 Å². The first-order valence-corrected chi connectivity index (χ1v) is 9.55. The lowest BCUT2D eigenvalue weighted by Gasteiger charge is -2.17. The molecule has 1 amide bonds. The van der Waals surface area contributed by atoms with Crippen molar-refractivity contribution in [2.24, 2.45) is 0 Å². The van der Waals surface area contributed by atoms with Gasteiger partial charge in [0.2, 0.25) is 11.6 Å². The molecule has 0 spiro atoms. The number of nitrogens with one attached hydrogen (secondary N) is 1. The zero-order valence-electron chi connectivity index (χ0n) is 16.7. The van der Waals surface area contributed by atoms with Gasteiger partial charge in [-0.25, -0.2) is 0 Å². The van der Waals surface area contributed by atoms with Gasteiger partial charge < -0.3 is 18.7 Å². The molecule has 1 aromatic heterocycles. The number of aromatic nitrogens is 1. The summed E-state index contributed by atoms with van der Waals surface area (Å²) in [6.07, 6.45) is 1.57. The van der Waals surface area contributed by atoms with Crippen LogP contribution in [0.5, 0.6) is 17.2 Å². The van der Waals surface area contributed by atoms with Crippen molar-refractivity contribution >= 4 is 11.8 Å². The van der Waals surface area contributed by atoms with Crippen LogP contribution >= 0.6 is 0 Å². The van der Waals surface area contributed by atoms with Crippen molar-refractivity contribution in [3.63, 3.8) is 0 Å². The van der Waals surface area contributed by atoms with E-state index >= 15 is 0 Å². The normalized spacial score (nSPS) is 10.4. The average Bonchev–Trinajstić information content (AvgIpc) is 3.19. The first-order chi connectivity index (χ1) is 14.2. The number of rotatable bonds is 9. The van der Waals surface area contributed by atoms with E-state index < -0.39 is 0 Å². The minimum atomic E-state index is -0.371. The average molecular weight is 396 g/mol. The minimum absolute atomic E-state index is 0.269. The van der Waals surface area contributed by atoms with Gasteiger partial charge in [0, 0.05) is 5.56 Å². The summed E-state index contributed by atoms with van der Waals surface area (Å²) >= 11 is 0. The highest BCUT2D eigenvalue weighted by Crippen LogP contribution is 2.39. The zero-order chi connectivity index (χ0) is 20.6. The molecule has 3 aromatic rings. The molecule has 0 saturated heterocycles. The Hall–Kier alpha value is -3.48. The highest BCUT2D eigenvalue weighted by Gasteiger charge is 2.20. The summed E-state index contributed by atoms with van der Waals surface area (Å²) in [7, 11) is 0. The predicted molar refractivity (Wildman–Crippen MR) is 110 cm³/mol. The van der Waals surface area contributed by atoms with Crippen LogP contribution in [0.4, 0.5) is 5.88 Å². The van der Waals surface area contributed by atoms with E-state index in [0.717, 1.165) is 5.56 Å². The largest absolute Gasteiger partial charge is 0.490 e. The highest BCUT2D eigenvalue weighted by atomic mass is 16.5. The molecule has 0 aliphatic heterocycles. The molecule has 0 aliphatic carbocycles. The van der Waals surface area contributed by atoms with E-state index in [1.165, 1.54) is 0 Å². The summed E-state index contributed by atoms with van der Waals surface area (Å²) in [5.74, 6) is 1.28. The summed E-state index contributed by atoms with van der Waals surface area (Å²) < 4.78 is 22.3.